The highest BCUT2D eigenvalue weighted by atomic mass is 35.5. The van der Waals surface area contributed by atoms with Crippen LogP contribution in [0.25, 0.3) is 0 Å². The number of hydrogen-bond acceptors (Lipinski definition) is 2. The summed E-state index contributed by atoms with van der Waals surface area (Å²) in [5.41, 5.74) is 3.66. The highest BCUT2D eigenvalue weighted by Crippen LogP contribution is 2.29. The van der Waals surface area contributed by atoms with Crippen molar-refractivity contribution in [2.24, 2.45) is 7.05 Å². The van der Waals surface area contributed by atoms with Gasteiger partial charge in [0.15, 0.2) is 0 Å². The summed E-state index contributed by atoms with van der Waals surface area (Å²) >= 11 is 6.32. The lowest BCUT2D eigenvalue weighted by Gasteiger charge is -2.16. The van der Waals surface area contributed by atoms with Gasteiger partial charge in [0.05, 0.1) is 5.69 Å². The van der Waals surface area contributed by atoms with Crippen LogP contribution in [0, 0.1) is 6.92 Å². The molecule has 2 aromatic rings. The van der Waals surface area contributed by atoms with Crippen molar-refractivity contribution >= 4 is 11.6 Å². The predicted molar refractivity (Wildman–Crippen MR) is 82.0 cm³/mol. The molecule has 1 aromatic carbocycles. The fourth-order valence-electron chi connectivity index (χ4n) is 3.05. The molecule has 3 rings (SSSR count). The monoisotopic (exact) mass is 289 g/mol. The molecule has 0 bridgehead atoms. The molecule has 3 nitrogen and oxygen atoms in total. The summed E-state index contributed by atoms with van der Waals surface area (Å²) in [4.78, 5) is 2.48. The summed E-state index contributed by atoms with van der Waals surface area (Å²) in [6.45, 7) is 5.17. The van der Waals surface area contributed by atoms with Crippen molar-refractivity contribution in [1.82, 2.24) is 14.7 Å². The van der Waals surface area contributed by atoms with Crippen molar-refractivity contribution in [1.29, 1.82) is 0 Å². The molecule has 20 heavy (non-hydrogen) atoms. The standard InChI is InChI=1S/C16H20ClN3/c1-12-15(16(17)19(2)18-12)11-20-9-8-14(10-20)13-6-4-3-5-7-13/h3-7,14H,8-11H2,1-2H3. The molecule has 106 valence electrons. The Bertz CT molecular complexity index is 591. The molecule has 1 aliphatic heterocycles. The average Bonchev–Trinajstić information content (AvgIpc) is 3.01. The first kappa shape index (κ1) is 13.7. The third-order valence-electron chi connectivity index (χ3n) is 4.19. The van der Waals surface area contributed by atoms with Crippen LogP contribution in [0.3, 0.4) is 0 Å². The summed E-state index contributed by atoms with van der Waals surface area (Å²) in [5.74, 6) is 0.645. The van der Waals surface area contributed by atoms with E-state index in [9.17, 15) is 0 Å². The van der Waals surface area contributed by atoms with Gasteiger partial charge in [0.1, 0.15) is 5.15 Å². The first-order chi connectivity index (χ1) is 9.65. The van der Waals surface area contributed by atoms with Gasteiger partial charge >= 0.3 is 0 Å². The van der Waals surface area contributed by atoms with E-state index in [1.54, 1.807) is 4.68 Å². The van der Waals surface area contributed by atoms with E-state index in [4.69, 9.17) is 11.6 Å². The number of aromatic nitrogens is 2. The second kappa shape index (κ2) is 5.58. The van der Waals surface area contributed by atoms with Crippen LogP contribution in [-0.4, -0.2) is 27.8 Å². The van der Waals surface area contributed by atoms with Crippen molar-refractivity contribution in [2.45, 2.75) is 25.8 Å². The number of rotatable bonds is 3. The highest BCUT2D eigenvalue weighted by molar-refractivity contribution is 6.30. The van der Waals surface area contributed by atoms with E-state index in [0.717, 1.165) is 30.5 Å². The summed E-state index contributed by atoms with van der Waals surface area (Å²) in [6, 6.07) is 10.8. The van der Waals surface area contributed by atoms with Crippen LogP contribution in [0.4, 0.5) is 0 Å². The molecular formula is C16H20ClN3. The van der Waals surface area contributed by atoms with Gasteiger partial charge < -0.3 is 0 Å². The van der Waals surface area contributed by atoms with Crippen molar-refractivity contribution in [3.8, 4) is 0 Å². The molecule has 0 radical (unpaired) electrons. The van der Waals surface area contributed by atoms with Gasteiger partial charge in [0.2, 0.25) is 0 Å². The maximum Gasteiger partial charge on any atom is 0.131 e. The van der Waals surface area contributed by atoms with Crippen molar-refractivity contribution in [2.75, 3.05) is 13.1 Å². The zero-order valence-electron chi connectivity index (χ0n) is 12.0. The van der Waals surface area contributed by atoms with Crippen molar-refractivity contribution in [3.63, 3.8) is 0 Å². The zero-order chi connectivity index (χ0) is 14.1. The Morgan fingerprint density at radius 3 is 2.70 bits per heavy atom. The molecule has 4 heteroatoms. The molecule has 2 heterocycles. The molecule has 1 aliphatic rings. The second-order valence-corrected chi connectivity index (χ2v) is 5.97. The quantitative estimate of drug-likeness (QED) is 0.864. The Labute approximate surface area is 125 Å². The van der Waals surface area contributed by atoms with Gasteiger partial charge in [-0.15, -0.1) is 0 Å². The number of hydrogen-bond donors (Lipinski definition) is 0. The number of nitrogens with zero attached hydrogens (tertiary/aromatic N) is 3. The van der Waals surface area contributed by atoms with E-state index in [-0.39, 0.29) is 0 Å². The summed E-state index contributed by atoms with van der Waals surface area (Å²) in [6.07, 6.45) is 1.22. The Morgan fingerprint density at radius 2 is 2.05 bits per heavy atom. The fraction of sp³-hybridized carbons (Fsp3) is 0.438. The molecule has 0 saturated carbocycles. The minimum absolute atomic E-state index is 0.645. The summed E-state index contributed by atoms with van der Waals surface area (Å²) in [5, 5.41) is 5.16. The summed E-state index contributed by atoms with van der Waals surface area (Å²) < 4.78 is 1.76. The first-order valence-electron chi connectivity index (χ1n) is 7.10. The Balaban J connectivity index is 1.69. The van der Waals surface area contributed by atoms with Gasteiger partial charge in [-0.05, 0) is 31.4 Å². The third kappa shape index (κ3) is 2.60. The number of likely N-dealkylation sites (tertiary alicyclic amines) is 1. The molecule has 0 N–H and O–H groups in total. The SMILES string of the molecule is Cc1nn(C)c(Cl)c1CN1CCC(c2ccccc2)C1. The van der Waals surface area contributed by atoms with E-state index in [1.807, 2.05) is 14.0 Å². The normalized spacial score (nSPS) is 19.6. The molecule has 0 amide bonds. The van der Waals surface area contributed by atoms with Crippen LogP contribution in [0.15, 0.2) is 30.3 Å². The van der Waals surface area contributed by atoms with E-state index in [0.29, 0.717) is 5.92 Å². The van der Waals surface area contributed by atoms with E-state index < -0.39 is 0 Å². The van der Waals surface area contributed by atoms with Gasteiger partial charge in [-0.3, -0.25) is 9.58 Å². The van der Waals surface area contributed by atoms with Gasteiger partial charge in [-0.1, -0.05) is 41.9 Å². The lowest BCUT2D eigenvalue weighted by atomic mass is 9.99. The molecule has 1 saturated heterocycles. The van der Waals surface area contributed by atoms with Gasteiger partial charge in [-0.25, -0.2) is 0 Å². The maximum atomic E-state index is 6.32. The minimum atomic E-state index is 0.645. The molecule has 0 aliphatic carbocycles. The van der Waals surface area contributed by atoms with Gasteiger partial charge in [0.25, 0.3) is 0 Å². The molecular weight excluding hydrogens is 270 g/mol. The topological polar surface area (TPSA) is 21.1 Å². The fourth-order valence-corrected chi connectivity index (χ4v) is 3.28. The Kier molecular flexibility index (Phi) is 3.81. The molecule has 1 atom stereocenters. The lowest BCUT2D eigenvalue weighted by Crippen LogP contribution is -2.20. The molecule has 0 spiro atoms. The van der Waals surface area contributed by atoms with Crippen LogP contribution < -0.4 is 0 Å². The van der Waals surface area contributed by atoms with Crippen LogP contribution in [0.2, 0.25) is 5.15 Å². The van der Waals surface area contributed by atoms with Crippen LogP contribution >= 0.6 is 11.6 Å². The van der Waals surface area contributed by atoms with Gasteiger partial charge in [0, 0.05) is 25.7 Å². The van der Waals surface area contributed by atoms with Crippen LogP contribution in [0.1, 0.15) is 29.2 Å². The first-order valence-corrected chi connectivity index (χ1v) is 7.48. The van der Waals surface area contributed by atoms with E-state index in [2.05, 4.69) is 40.3 Å². The Morgan fingerprint density at radius 1 is 1.30 bits per heavy atom. The Hall–Kier alpha value is -1.32. The van der Waals surface area contributed by atoms with Crippen molar-refractivity contribution in [3.05, 3.63) is 52.3 Å². The second-order valence-electron chi connectivity index (χ2n) is 5.61. The minimum Gasteiger partial charge on any atom is -0.298 e. The van der Waals surface area contributed by atoms with Crippen LogP contribution in [0.5, 0.6) is 0 Å². The number of benzene rings is 1. The van der Waals surface area contributed by atoms with Gasteiger partial charge in [-0.2, -0.15) is 5.10 Å². The predicted octanol–water partition coefficient (Wildman–Crippen LogP) is 3.37. The smallest absolute Gasteiger partial charge is 0.131 e. The molecule has 1 fully saturated rings. The van der Waals surface area contributed by atoms with E-state index >= 15 is 0 Å². The number of halogens is 1. The average molecular weight is 290 g/mol. The van der Waals surface area contributed by atoms with Crippen molar-refractivity contribution < 1.29 is 0 Å². The lowest BCUT2D eigenvalue weighted by molar-refractivity contribution is 0.326. The largest absolute Gasteiger partial charge is 0.298 e. The number of aryl methyl sites for hydroxylation is 2. The summed E-state index contributed by atoms with van der Waals surface area (Å²) in [7, 11) is 1.90. The molecule has 1 aromatic heterocycles. The molecule has 1 unspecified atom stereocenters. The highest BCUT2D eigenvalue weighted by Gasteiger charge is 2.25. The maximum absolute atomic E-state index is 6.32. The van der Waals surface area contributed by atoms with E-state index in [1.165, 1.54) is 17.5 Å². The van der Waals surface area contributed by atoms with Crippen LogP contribution in [-0.2, 0) is 13.6 Å². The third-order valence-corrected chi connectivity index (χ3v) is 4.67. The zero-order valence-corrected chi connectivity index (χ0v) is 12.8.